The Balaban J connectivity index is 2.67. The third-order valence-electron chi connectivity index (χ3n) is 1.28. The highest BCUT2D eigenvalue weighted by Crippen LogP contribution is 2.19. The van der Waals surface area contributed by atoms with Crippen LogP contribution in [0.4, 0.5) is 4.39 Å². The van der Waals surface area contributed by atoms with Crippen LogP contribution < -0.4 is 0 Å². The quantitative estimate of drug-likeness (QED) is 0.627. The second kappa shape index (κ2) is 3.32. The Bertz CT molecular complexity index is 244. The zero-order valence-corrected chi connectivity index (χ0v) is 6.38. The third-order valence-corrected chi connectivity index (χ3v) is 1.28. The molecule has 2 nitrogen and oxygen atoms in total. The fraction of sp³-hybridized carbons (Fsp3) is 0.375. The summed E-state index contributed by atoms with van der Waals surface area (Å²) in [6.45, 7) is 5.18. The Morgan fingerprint density at radius 1 is 1.91 bits per heavy atom. The zero-order valence-electron chi connectivity index (χ0n) is 6.38. The number of halogens is 1. The van der Waals surface area contributed by atoms with Crippen LogP contribution in [0, 0.1) is 6.92 Å². The van der Waals surface area contributed by atoms with Crippen LogP contribution in [0.2, 0.25) is 0 Å². The van der Waals surface area contributed by atoms with Crippen molar-refractivity contribution >= 4 is 0 Å². The topological polar surface area (TPSA) is 26.0 Å². The molecule has 0 aliphatic heterocycles. The molecule has 1 rings (SSSR count). The van der Waals surface area contributed by atoms with E-state index in [9.17, 15) is 4.39 Å². The predicted molar refractivity (Wildman–Crippen MR) is 39.9 cm³/mol. The standard InChI is InChI=1S/C8H10FNO/c1-3-4-7(9)8-10-6(2)5-11-8/h3,5,7H,1,4H2,2H3. The fourth-order valence-corrected chi connectivity index (χ4v) is 0.763. The monoisotopic (exact) mass is 155 g/mol. The molecule has 0 bridgehead atoms. The highest BCUT2D eigenvalue weighted by molar-refractivity contribution is 4.96. The summed E-state index contributed by atoms with van der Waals surface area (Å²) in [5.74, 6) is 0.141. The summed E-state index contributed by atoms with van der Waals surface area (Å²) in [6.07, 6.45) is 2.04. The first kappa shape index (κ1) is 7.98. The Labute approximate surface area is 64.7 Å². The maximum atomic E-state index is 12.9. The van der Waals surface area contributed by atoms with Gasteiger partial charge in [-0.25, -0.2) is 9.37 Å². The van der Waals surface area contributed by atoms with Crippen LogP contribution in [0.1, 0.15) is 24.2 Å². The van der Waals surface area contributed by atoms with Gasteiger partial charge < -0.3 is 4.42 Å². The third kappa shape index (κ3) is 1.90. The first-order valence-corrected chi connectivity index (χ1v) is 3.41. The van der Waals surface area contributed by atoms with E-state index in [1.54, 1.807) is 6.92 Å². The van der Waals surface area contributed by atoms with Crippen molar-refractivity contribution in [1.82, 2.24) is 4.98 Å². The Kier molecular flexibility index (Phi) is 2.41. The molecule has 0 spiro atoms. The number of aryl methyl sites for hydroxylation is 1. The smallest absolute Gasteiger partial charge is 0.229 e. The molecule has 1 atom stereocenters. The molecule has 0 aromatic carbocycles. The minimum Gasteiger partial charge on any atom is -0.446 e. The van der Waals surface area contributed by atoms with Gasteiger partial charge in [0.15, 0.2) is 6.17 Å². The molecule has 0 N–H and O–H groups in total. The van der Waals surface area contributed by atoms with Crippen LogP contribution in [0.25, 0.3) is 0 Å². The molecule has 0 aliphatic carbocycles. The average molecular weight is 155 g/mol. The summed E-state index contributed by atoms with van der Waals surface area (Å²) in [4.78, 5) is 3.84. The molecule has 3 heteroatoms. The van der Waals surface area contributed by atoms with Gasteiger partial charge in [-0.15, -0.1) is 6.58 Å². The van der Waals surface area contributed by atoms with Gasteiger partial charge in [0.05, 0.1) is 5.69 Å². The number of rotatable bonds is 3. The van der Waals surface area contributed by atoms with Crippen molar-refractivity contribution in [2.45, 2.75) is 19.5 Å². The van der Waals surface area contributed by atoms with Crippen LogP contribution in [-0.4, -0.2) is 4.98 Å². The van der Waals surface area contributed by atoms with Crippen LogP contribution in [0.3, 0.4) is 0 Å². The molecule has 0 radical (unpaired) electrons. The summed E-state index contributed by atoms with van der Waals surface area (Å²) < 4.78 is 17.8. The van der Waals surface area contributed by atoms with Gasteiger partial charge in [0.25, 0.3) is 0 Å². The Morgan fingerprint density at radius 2 is 2.64 bits per heavy atom. The van der Waals surface area contributed by atoms with E-state index in [-0.39, 0.29) is 12.3 Å². The van der Waals surface area contributed by atoms with Gasteiger partial charge in [-0.05, 0) is 6.92 Å². The molecule has 1 aromatic heterocycles. The van der Waals surface area contributed by atoms with Crippen molar-refractivity contribution < 1.29 is 8.81 Å². The zero-order chi connectivity index (χ0) is 8.27. The van der Waals surface area contributed by atoms with Crippen molar-refractivity contribution in [3.05, 3.63) is 30.5 Å². The van der Waals surface area contributed by atoms with Crippen molar-refractivity contribution in [2.24, 2.45) is 0 Å². The van der Waals surface area contributed by atoms with E-state index in [1.807, 2.05) is 0 Å². The maximum absolute atomic E-state index is 12.9. The molecule has 0 amide bonds. The number of alkyl halides is 1. The number of hydrogen-bond acceptors (Lipinski definition) is 2. The second-order valence-electron chi connectivity index (χ2n) is 2.32. The molecular weight excluding hydrogens is 145 g/mol. The number of hydrogen-bond donors (Lipinski definition) is 0. The number of allylic oxidation sites excluding steroid dienone is 1. The molecule has 0 saturated heterocycles. The summed E-state index contributed by atoms with van der Waals surface area (Å²) in [6, 6.07) is 0. The predicted octanol–water partition coefficient (Wildman–Crippen LogP) is 2.57. The normalized spacial score (nSPS) is 12.9. The van der Waals surface area contributed by atoms with Crippen LogP contribution in [0.15, 0.2) is 23.3 Å². The lowest BCUT2D eigenvalue weighted by Crippen LogP contribution is -1.89. The summed E-state index contributed by atoms with van der Waals surface area (Å²) >= 11 is 0. The minimum atomic E-state index is -1.15. The van der Waals surface area contributed by atoms with Crippen molar-refractivity contribution in [1.29, 1.82) is 0 Å². The largest absolute Gasteiger partial charge is 0.446 e. The second-order valence-corrected chi connectivity index (χ2v) is 2.32. The number of aromatic nitrogens is 1. The lowest BCUT2D eigenvalue weighted by molar-refractivity contribution is 0.279. The van der Waals surface area contributed by atoms with E-state index in [1.165, 1.54) is 12.3 Å². The van der Waals surface area contributed by atoms with E-state index in [0.717, 1.165) is 0 Å². The lowest BCUT2D eigenvalue weighted by atomic mass is 10.3. The molecule has 1 unspecified atom stereocenters. The molecule has 1 heterocycles. The first-order chi connectivity index (χ1) is 5.24. The van der Waals surface area contributed by atoms with Gasteiger partial charge in [0.1, 0.15) is 6.26 Å². The summed E-state index contributed by atoms with van der Waals surface area (Å²) in [7, 11) is 0. The molecule has 0 aliphatic rings. The summed E-state index contributed by atoms with van der Waals surface area (Å²) in [5.41, 5.74) is 0.701. The maximum Gasteiger partial charge on any atom is 0.229 e. The van der Waals surface area contributed by atoms with E-state index in [4.69, 9.17) is 4.42 Å². The van der Waals surface area contributed by atoms with E-state index < -0.39 is 6.17 Å². The molecule has 0 saturated carbocycles. The van der Waals surface area contributed by atoms with E-state index in [2.05, 4.69) is 11.6 Å². The van der Waals surface area contributed by atoms with Crippen molar-refractivity contribution in [3.63, 3.8) is 0 Å². The minimum absolute atomic E-state index is 0.141. The molecule has 0 fully saturated rings. The van der Waals surface area contributed by atoms with Crippen molar-refractivity contribution in [3.8, 4) is 0 Å². The number of oxazole rings is 1. The van der Waals surface area contributed by atoms with E-state index >= 15 is 0 Å². The average Bonchev–Trinajstić information content (AvgIpc) is 2.36. The van der Waals surface area contributed by atoms with Gasteiger partial charge in [0.2, 0.25) is 5.89 Å². The van der Waals surface area contributed by atoms with Gasteiger partial charge in [-0.1, -0.05) is 6.08 Å². The van der Waals surface area contributed by atoms with Crippen molar-refractivity contribution in [2.75, 3.05) is 0 Å². The van der Waals surface area contributed by atoms with Crippen LogP contribution in [-0.2, 0) is 0 Å². The van der Waals surface area contributed by atoms with Gasteiger partial charge in [-0.3, -0.25) is 0 Å². The first-order valence-electron chi connectivity index (χ1n) is 3.41. The van der Waals surface area contributed by atoms with Crippen LogP contribution >= 0.6 is 0 Å². The highest BCUT2D eigenvalue weighted by Gasteiger charge is 2.12. The Morgan fingerprint density at radius 3 is 3.09 bits per heavy atom. The lowest BCUT2D eigenvalue weighted by Gasteiger charge is -1.96. The Hall–Kier alpha value is -1.12. The number of nitrogens with zero attached hydrogens (tertiary/aromatic N) is 1. The van der Waals surface area contributed by atoms with Gasteiger partial charge in [-0.2, -0.15) is 0 Å². The van der Waals surface area contributed by atoms with E-state index in [0.29, 0.717) is 5.69 Å². The molecule has 11 heavy (non-hydrogen) atoms. The van der Waals surface area contributed by atoms with Gasteiger partial charge in [0, 0.05) is 6.42 Å². The molecular formula is C8H10FNO. The fourth-order valence-electron chi connectivity index (χ4n) is 0.763. The molecule has 1 aromatic rings. The van der Waals surface area contributed by atoms with Gasteiger partial charge >= 0.3 is 0 Å². The van der Waals surface area contributed by atoms with Crippen LogP contribution in [0.5, 0.6) is 0 Å². The SMILES string of the molecule is C=CCC(F)c1nc(C)co1. The molecule has 60 valence electrons. The summed E-state index contributed by atoms with van der Waals surface area (Å²) in [5, 5.41) is 0. The highest BCUT2D eigenvalue weighted by atomic mass is 19.1.